The Balaban J connectivity index is 1.54. The third-order valence-corrected chi connectivity index (χ3v) is 5.76. The van der Waals surface area contributed by atoms with E-state index in [-0.39, 0.29) is 17.1 Å². The number of carbonyl (C=O) groups is 1. The summed E-state index contributed by atoms with van der Waals surface area (Å²) in [5.74, 6) is 6.77. The molecule has 0 radical (unpaired) electrons. The molecule has 1 aromatic carbocycles. The predicted octanol–water partition coefficient (Wildman–Crippen LogP) is 2.75. The number of nitrogen functional groups attached to an aromatic ring is 1. The third kappa shape index (κ3) is 5.00. The Hall–Kier alpha value is -2.43. The molecule has 11 heteroatoms. The Bertz CT molecular complexity index is 900. The minimum Gasteiger partial charge on any atom is -0.368 e. The van der Waals surface area contributed by atoms with Gasteiger partial charge in [0, 0.05) is 37.3 Å². The Morgan fingerprint density at radius 3 is 2.37 bits per heavy atom. The molecule has 3 rings (SSSR count). The van der Waals surface area contributed by atoms with Gasteiger partial charge < -0.3 is 15.6 Å². The molecule has 1 aliphatic rings. The monoisotopic (exact) mass is 442 g/mol. The summed E-state index contributed by atoms with van der Waals surface area (Å²) in [7, 11) is 0. The van der Waals surface area contributed by atoms with Crippen LogP contribution in [0.4, 0.5) is 18.9 Å². The van der Waals surface area contributed by atoms with E-state index in [1.165, 1.54) is 22.5 Å². The van der Waals surface area contributed by atoms with E-state index in [0.29, 0.717) is 42.8 Å². The highest BCUT2D eigenvalue weighted by atomic mass is 32.2. The number of benzene rings is 1. The number of hydrogen-bond donors (Lipinski definition) is 1. The summed E-state index contributed by atoms with van der Waals surface area (Å²) in [6, 6.07) is 5.26. The molecule has 0 unspecified atom stereocenters. The number of piperazine rings is 1. The van der Waals surface area contributed by atoms with Gasteiger partial charge in [0.25, 0.3) is 0 Å². The Morgan fingerprint density at radius 1 is 1.13 bits per heavy atom. The average Bonchev–Trinajstić information content (AvgIpc) is 3.06. The first kappa shape index (κ1) is 22.3. The highest BCUT2D eigenvalue weighted by molar-refractivity contribution is 7.99. The molecule has 1 fully saturated rings. The maximum atomic E-state index is 12.9. The van der Waals surface area contributed by atoms with Crippen molar-refractivity contribution in [2.45, 2.75) is 37.5 Å². The quantitative estimate of drug-likeness (QED) is 0.579. The van der Waals surface area contributed by atoms with Crippen LogP contribution in [0.1, 0.15) is 32.2 Å². The van der Waals surface area contributed by atoms with Gasteiger partial charge in [0.05, 0.1) is 11.3 Å². The SMILES string of the molecule is CC(C)(C)c1nnc(SCC(=O)N2CCN(c3cccc(C(F)(F)F)c3)CC2)n1N. The summed E-state index contributed by atoms with van der Waals surface area (Å²) in [5.41, 5.74) is -0.419. The lowest BCUT2D eigenvalue weighted by Crippen LogP contribution is -2.49. The van der Waals surface area contributed by atoms with Crippen LogP contribution in [0, 0.1) is 0 Å². The molecule has 1 saturated heterocycles. The first-order chi connectivity index (χ1) is 14.0. The molecular formula is C19H25F3N6OS. The molecule has 0 atom stereocenters. The smallest absolute Gasteiger partial charge is 0.368 e. The molecule has 164 valence electrons. The zero-order valence-corrected chi connectivity index (χ0v) is 17.9. The average molecular weight is 443 g/mol. The molecule has 0 bridgehead atoms. The zero-order chi connectivity index (χ0) is 22.1. The maximum absolute atomic E-state index is 12.9. The third-order valence-electron chi connectivity index (χ3n) is 4.83. The summed E-state index contributed by atoms with van der Waals surface area (Å²) >= 11 is 1.22. The van der Waals surface area contributed by atoms with Crippen LogP contribution in [0.15, 0.2) is 29.4 Å². The van der Waals surface area contributed by atoms with Crippen LogP contribution in [0.5, 0.6) is 0 Å². The van der Waals surface area contributed by atoms with Crippen LogP contribution in [0.3, 0.4) is 0 Å². The van der Waals surface area contributed by atoms with Crippen LogP contribution in [-0.2, 0) is 16.4 Å². The highest BCUT2D eigenvalue weighted by Crippen LogP contribution is 2.32. The largest absolute Gasteiger partial charge is 0.416 e. The van der Waals surface area contributed by atoms with Crippen molar-refractivity contribution >= 4 is 23.4 Å². The normalized spacial score (nSPS) is 15.5. The molecule has 0 aliphatic carbocycles. The van der Waals surface area contributed by atoms with Gasteiger partial charge in [-0.05, 0) is 18.2 Å². The topological polar surface area (TPSA) is 80.3 Å². The summed E-state index contributed by atoms with van der Waals surface area (Å²) in [4.78, 5) is 16.1. The lowest BCUT2D eigenvalue weighted by atomic mass is 9.96. The molecule has 0 saturated carbocycles. The number of aromatic nitrogens is 3. The van der Waals surface area contributed by atoms with Crippen molar-refractivity contribution in [3.8, 4) is 0 Å². The van der Waals surface area contributed by atoms with Gasteiger partial charge in [0.2, 0.25) is 11.1 Å². The van der Waals surface area contributed by atoms with Crippen molar-refractivity contribution < 1.29 is 18.0 Å². The molecule has 30 heavy (non-hydrogen) atoms. The van der Waals surface area contributed by atoms with Crippen LogP contribution in [0.2, 0.25) is 0 Å². The predicted molar refractivity (Wildman–Crippen MR) is 110 cm³/mol. The summed E-state index contributed by atoms with van der Waals surface area (Å²) in [5, 5.41) is 8.63. The minimum absolute atomic E-state index is 0.0657. The lowest BCUT2D eigenvalue weighted by molar-refractivity contribution is -0.137. The summed E-state index contributed by atoms with van der Waals surface area (Å²) < 4.78 is 40.2. The van der Waals surface area contributed by atoms with Gasteiger partial charge >= 0.3 is 6.18 Å². The number of thioether (sulfide) groups is 1. The standard InChI is InChI=1S/C19H25F3N6OS/c1-18(2,3)16-24-25-17(28(16)23)30-12-15(29)27-9-7-26(8-10-27)14-6-4-5-13(11-14)19(20,21)22/h4-6,11H,7-10,12,23H2,1-3H3. The first-order valence-electron chi connectivity index (χ1n) is 9.50. The second-order valence-corrected chi connectivity index (χ2v) is 9.07. The van der Waals surface area contributed by atoms with E-state index in [2.05, 4.69) is 10.2 Å². The number of rotatable bonds is 4. The van der Waals surface area contributed by atoms with Crippen molar-refractivity contribution in [3.05, 3.63) is 35.7 Å². The molecule has 2 aromatic rings. The molecule has 0 spiro atoms. The molecule has 1 aliphatic heterocycles. The van der Waals surface area contributed by atoms with E-state index in [1.807, 2.05) is 25.7 Å². The molecule has 2 heterocycles. The number of amides is 1. The number of carbonyl (C=O) groups excluding carboxylic acids is 1. The number of nitrogens with zero attached hydrogens (tertiary/aromatic N) is 5. The van der Waals surface area contributed by atoms with Gasteiger partial charge in [-0.15, -0.1) is 10.2 Å². The Labute approximate surface area is 177 Å². The molecule has 1 aromatic heterocycles. The van der Waals surface area contributed by atoms with Crippen molar-refractivity contribution in [3.63, 3.8) is 0 Å². The Morgan fingerprint density at radius 2 is 1.80 bits per heavy atom. The number of hydrogen-bond acceptors (Lipinski definition) is 6. The first-order valence-corrected chi connectivity index (χ1v) is 10.5. The van der Waals surface area contributed by atoms with Crippen molar-refractivity contribution in [1.82, 2.24) is 19.8 Å². The second kappa shape index (κ2) is 8.37. The van der Waals surface area contributed by atoms with Crippen LogP contribution in [0.25, 0.3) is 0 Å². The fourth-order valence-corrected chi connectivity index (χ4v) is 3.96. The van der Waals surface area contributed by atoms with Gasteiger partial charge in [-0.2, -0.15) is 13.2 Å². The fourth-order valence-electron chi connectivity index (χ4n) is 3.20. The number of alkyl halides is 3. The second-order valence-electron chi connectivity index (χ2n) is 8.13. The molecular weight excluding hydrogens is 417 g/mol. The van der Waals surface area contributed by atoms with Gasteiger partial charge in [0.15, 0.2) is 5.82 Å². The number of anilines is 1. The van der Waals surface area contributed by atoms with E-state index in [4.69, 9.17) is 5.84 Å². The summed E-state index contributed by atoms with van der Waals surface area (Å²) in [6.45, 7) is 7.76. The Kier molecular flexibility index (Phi) is 6.21. The zero-order valence-electron chi connectivity index (χ0n) is 17.1. The van der Waals surface area contributed by atoms with E-state index < -0.39 is 11.7 Å². The maximum Gasteiger partial charge on any atom is 0.416 e. The van der Waals surface area contributed by atoms with Crippen LogP contribution >= 0.6 is 11.8 Å². The minimum atomic E-state index is -4.37. The van der Waals surface area contributed by atoms with Gasteiger partial charge in [-0.3, -0.25) is 4.79 Å². The van der Waals surface area contributed by atoms with Crippen molar-refractivity contribution in [2.75, 3.05) is 42.7 Å². The fraction of sp³-hybridized carbons (Fsp3) is 0.526. The summed E-state index contributed by atoms with van der Waals surface area (Å²) in [6.07, 6.45) is -4.37. The molecule has 1 amide bonds. The van der Waals surface area contributed by atoms with Crippen molar-refractivity contribution in [1.29, 1.82) is 0 Å². The van der Waals surface area contributed by atoms with E-state index >= 15 is 0 Å². The van der Waals surface area contributed by atoms with E-state index in [0.717, 1.165) is 12.1 Å². The number of halogens is 3. The van der Waals surface area contributed by atoms with Crippen LogP contribution in [-0.4, -0.2) is 57.6 Å². The van der Waals surface area contributed by atoms with Gasteiger partial charge in [-0.1, -0.05) is 38.6 Å². The van der Waals surface area contributed by atoms with Crippen LogP contribution < -0.4 is 10.7 Å². The van der Waals surface area contributed by atoms with Crippen molar-refractivity contribution in [2.24, 2.45) is 0 Å². The molecule has 2 N–H and O–H groups in total. The lowest BCUT2D eigenvalue weighted by Gasteiger charge is -2.36. The van der Waals surface area contributed by atoms with Gasteiger partial charge in [0.1, 0.15) is 0 Å². The van der Waals surface area contributed by atoms with E-state index in [1.54, 1.807) is 11.0 Å². The molecule has 7 nitrogen and oxygen atoms in total. The van der Waals surface area contributed by atoms with Gasteiger partial charge in [-0.25, -0.2) is 4.68 Å². The highest BCUT2D eigenvalue weighted by Gasteiger charge is 2.31. The number of nitrogens with two attached hydrogens (primary N) is 1. The van der Waals surface area contributed by atoms with E-state index in [9.17, 15) is 18.0 Å².